The highest BCUT2D eigenvalue weighted by Crippen LogP contribution is 2.28. The Bertz CT molecular complexity index is 1050. The highest BCUT2D eigenvalue weighted by Gasteiger charge is 2.22. The monoisotopic (exact) mass is 443 g/mol. The maximum Gasteiger partial charge on any atom is 0.196 e. The highest BCUT2D eigenvalue weighted by molar-refractivity contribution is 7.99. The van der Waals surface area contributed by atoms with Gasteiger partial charge in [-0.05, 0) is 71.6 Å². The molecule has 3 aromatic rings. The van der Waals surface area contributed by atoms with Crippen LogP contribution < -0.4 is 0 Å². The van der Waals surface area contributed by atoms with Crippen LogP contribution in [0.5, 0.6) is 0 Å². The molecular weight excluding hydrogens is 413 g/mol. The minimum absolute atomic E-state index is 0.00410. The molecule has 6 nitrogen and oxygen atoms in total. The van der Waals surface area contributed by atoms with Crippen LogP contribution in [-0.2, 0) is 6.54 Å². The van der Waals surface area contributed by atoms with Crippen LogP contribution in [0.3, 0.4) is 0 Å². The molecule has 1 aromatic carbocycles. The number of rotatable bonds is 9. The molecular formula is C23H30FN5OS. The van der Waals surface area contributed by atoms with Gasteiger partial charge in [-0.25, -0.2) is 4.39 Å². The summed E-state index contributed by atoms with van der Waals surface area (Å²) < 4.78 is 17.6. The third-order valence-corrected chi connectivity index (χ3v) is 6.47. The summed E-state index contributed by atoms with van der Waals surface area (Å²) in [6.07, 6.45) is 1.02. The van der Waals surface area contributed by atoms with Gasteiger partial charge in [0, 0.05) is 29.2 Å². The Balaban J connectivity index is 1.89. The number of Topliss-reactive ketones (excluding diaryl/α,β-unsaturated/α-hetero) is 1. The summed E-state index contributed by atoms with van der Waals surface area (Å²) in [6, 6.07) is 8.21. The molecule has 3 rings (SSSR count). The average Bonchev–Trinajstić information content (AvgIpc) is 3.28. The molecule has 0 saturated heterocycles. The van der Waals surface area contributed by atoms with Crippen molar-refractivity contribution >= 4 is 17.5 Å². The van der Waals surface area contributed by atoms with Crippen molar-refractivity contribution in [1.29, 1.82) is 0 Å². The lowest BCUT2D eigenvalue weighted by atomic mass is 10.2. The number of nitrogens with zero attached hydrogens (tertiary/aromatic N) is 5. The number of ketones is 1. The van der Waals surface area contributed by atoms with E-state index in [4.69, 9.17) is 0 Å². The maximum atomic E-state index is 13.5. The van der Waals surface area contributed by atoms with Gasteiger partial charge in [0.2, 0.25) is 0 Å². The summed E-state index contributed by atoms with van der Waals surface area (Å²) in [5, 5.41) is 9.36. The van der Waals surface area contributed by atoms with Crippen molar-refractivity contribution in [1.82, 2.24) is 24.2 Å². The van der Waals surface area contributed by atoms with E-state index in [9.17, 15) is 9.18 Å². The molecule has 0 fully saturated rings. The molecule has 1 atom stereocenters. The lowest BCUT2D eigenvalue weighted by Crippen LogP contribution is -2.20. The molecule has 0 saturated carbocycles. The van der Waals surface area contributed by atoms with Crippen molar-refractivity contribution in [2.75, 3.05) is 19.8 Å². The first kappa shape index (κ1) is 23.2. The van der Waals surface area contributed by atoms with E-state index in [-0.39, 0.29) is 23.4 Å². The first-order valence-electron chi connectivity index (χ1n) is 10.4. The minimum Gasteiger partial charge on any atom is -0.348 e. The molecule has 0 unspecified atom stereocenters. The number of benzene rings is 1. The van der Waals surface area contributed by atoms with Gasteiger partial charge < -0.3 is 4.57 Å². The number of carbonyl (C=O) groups excluding carboxylic acids is 1. The maximum absolute atomic E-state index is 13.5. The first-order valence-corrected chi connectivity index (χ1v) is 11.4. The number of carbonyl (C=O) groups is 1. The summed E-state index contributed by atoms with van der Waals surface area (Å²) in [5.74, 6) is 0.765. The number of halogens is 1. The predicted molar refractivity (Wildman–Crippen MR) is 123 cm³/mol. The van der Waals surface area contributed by atoms with Crippen LogP contribution in [0.1, 0.15) is 53.9 Å². The fourth-order valence-electron chi connectivity index (χ4n) is 3.57. The Labute approximate surface area is 187 Å². The second-order valence-electron chi connectivity index (χ2n) is 7.94. The lowest BCUT2D eigenvalue weighted by Gasteiger charge is -2.20. The molecule has 0 radical (unpaired) electrons. The van der Waals surface area contributed by atoms with Gasteiger partial charge in [0.15, 0.2) is 16.8 Å². The van der Waals surface area contributed by atoms with Crippen LogP contribution in [0.2, 0.25) is 0 Å². The minimum atomic E-state index is -0.300. The van der Waals surface area contributed by atoms with E-state index < -0.39 is 0 Å². The quantitative estimate of drug-likeness (QED) is 0.350. The van der Waals surface area contributed by atoms with Gasteiger partial charge in [0.05, 0.1) is 11.8 Å². The molecule has 8 heteroatoms. The molecule has 0 aliphatic heterocycles. The standard InChI is InChI=1S/C23H30FN5OS/c1-7-12-28-15(2)13-20(16(28)3)21(30)14-31-23-26-25-22(17(4)27(5)6)29(23)19-10-8-18(24)9-11-19/h8-11,13,17H,7,12,14H2,1-6H3/t17-/m1/s1. The summed E-state index contributed by atoms with van der Waals surface area (Å²) in [5.41, 5.74) is 3.63. The molecule has 2 aromatic heterocycles. The largest absolute Gasteiger partial charge is 0.348 e. The van der Waals surface area contributed by atoms with Crippen molar-refractivity contribution in [2.45, 2.75) is 51.9 Å². The van der Waals surface area contributed by atoms with Gasteiger partial charge in [-0.1, -0.05) is 18.7 Å². The van der Waals surface area contributed by atoms with Gasteiger partial charge in [-0.15, -0.1) is 10.2 Å². The Hall–Kier alpha value is -2.45. The highest BCUT2D eigenvalue weighted by atomic mass is 32.2. The third-order valence-electron chi connectivity index (χ3n) is 5.55. The topological polar surface area (TPSA) is 56.0 Å². The zero-order valence-electron chi connectivity index (χ0n) is 19.0. The lowest BCUT2D eigenvalue weighted by molar-refractivity contribution is 0.102. The van der Waals surface area contributed by atoms with Gasteiger partial charge in [-0.2, -0.15) is 0 Å². The predicted octanol–water partition coefficient (Wildman–Crippen LogP) is 4.83. The second-order valence-corrected chi connectivity index (χ2v) is 8.88. The van der Waals surface area contributed by atoms with E-state index in [1.54, 1.807) is 12.1 Å². The van der Waals surface area contributed by atoms with Crippen molar-refractivity contribution in [3.63, 3.8) is 0 Å². The smallest absolute Gasteiger partial charge is 0.196 e. The van der Waals surface area contributed by atoms with Crippen molar-refractivity contribution in [3.05, 3.63) is 58.9 Å². The van der Waals surface area contributed by atoms with E-state index in [2.05, 4.69) is 21.7 Å². The van der Waals surface area contributed by atoms with Crippen molar-refractivity contribution in [2.24, 2.45) is 0 Å². The van der Waals surface area contributed by atoms with E-state index in [1.807, 2.05) is 50.4 Å². The zero-order valence-corrected chi connectivity index (χ0v) is 19.8. The first-order chi connectivity index (χ1) is 14.7. The number of aromatic nitrogens is 4. The molecule has 166 valence electrons. The van der Waals surface area contributed by atoms with Gasteiger partial charge in [0.25, 0.3) is 0 Å². The number of thioether (sulfide) groups is 1. The fourth-order valence-corrected chi connectivity index (χ4v) is 4.41. The van der Waals surface area contributed by atoms with Gasteiger partial charge in [0.1, 0.15) is 5.82 Å². The summed E-state index contributed by atoms with van der Waals surface area (Å²) in [4.78, 5) is 15.0. The summed E-state index contributed by atoms with van der Waals surface area (Å²) in [7, 11) is 3.94. The molecule has 0 aliphatic carbocycles. The van der Waals surface area contributed by atoms with Crippen LogP contribution in [-0.4, -0.2) is 49.9 Å². The number of hydrogen-bond acceptors (Lipinski definition) is 5. The van der Waals surface area contributed by atoms with E-state index >= 15 is 0 Å². The van der Waals surface area contributed by atoms with Crippen molar-refractivity contribution < 1.29 is 9.18 Å². The zero-order chi connectivity index (χ0) is 22.7. The molecule has 0 N–H and O–H groups in total. The second kappa shape index (κ2) is 9.78. The van der Waals surface area contributed by atoms with Crippen molar-refractivity contribution in [3.8, 4) is 5.69 Å². The summed E-state index contributed by atoms with van der Waals surface area (Å²) in [6.45, 7) is 9.10. The Morgan fingerprint density at radius 3 is 2.48 bits per heavy atom. The van der Waals surface area contributed by atoms with Crippen LogP contribution in [0.25, 0.3) is 5.69 Å². The SMILES string of the molecule is CCCn1c(C)cc(C(=O)CSc2nnc([C@@H](C)N(C)C)n2-c2ccc(F)cc2)c1C. The average molecular weight is 444 g/mol. The fraction of sp³-hybridized carbons (Fsp3) is 0.435. The van der Waals surface area contributed by atoms with E-state index in [1.165, 1.54) is 23.9 Å². The Kier molecular flexibility index (Phi) is 7.33. The Morgan fingerprint density at radius 1 is 1.19 bits per heavy atom. The molecule has 0 aliphatic rings. The van der Waals surface area contributed by atoms with E-state index in [0.29, 0.717) is 5.16 Å². The molecule has 0 amide bonds. The van der Waals surface area contributed by atoms with Crippen LogP contribution in [0.15, 0.2) is 35.5 Å². The van der Waals surface area contributed by atoms with Crippen LogP contribution >= 0.6 is 11.8 Å². The number of aryl methyl sites for hydroxylation is 1. The van der Waals surface area contributed by atoms with Crippen LogP contribution in [0, 0.1) is 19.7 Å². The third kappa shape index (κ3) is 4.91. The normalized spacial score (nSPS) is 12.5. The summed E-state index contributed by atoms with van der Waals surface area (Å²) >= 11 is 1.35. The molecule has 2 heterocycles. The van der Waals surface area contributed by atoms with Gasteiger partial charge >= 0.3 is 0 Å². The number of hydrogen-bond donors (Lipinski definition) is 0. The molecule has 31 heavy (non-hydrogen) atoms. The van der Waals surface area contributed by atoms with E-state index in [0.717, 1.165) is 41.4 Å². The molecule has 0 bridgehead atoms. The van der Waals surface area contributed by atoms with Crippen LogP contribution in [0.4, 0.5) is 4.39 Å². The Morgan fingerprint density at radius 2 is 1.87 bits per heavy atom. The van der Waals surface area contributed by atoms with Gasteiger partial charge in [-0.3, -0.25) is 14.3 Å². The molecule has 0 spiro atoms.